The van der Waals surface area contributed by atoms with Crippen LogP contribution in [0.2, 0.25) is 5.02 Å². The van der Waals surface area contributed by atoms with Gasteiger partial charge in [-0.3, -0.25) is 14.5 Å². The summed E-state index contributed by atoms with van der Waals surface area (Å²) >= 11 is 5.89. The molecule has 2 amide bonds. The van der Waals surface area contributed by atoms with Gasteiger partial charge in [-0.2, -0.15) is 0 Å². The average molecular weight is 404 g/mol. The lowest BCUT2D eigenvalue weighted by Crippen LogP contribution is -2.41. The fraction of sp³-hybridized carbons (Fsp3) is 0.333. The van der Waals surface area contributed by atoms with Gasteiger partial charge in [-0.25, -0.2) is 0 Å². The maximum absolute atomic E-state index is 12.5. The Bertz CT molecular complexity index is 796. The maximum Gasteiger partial charge on any atom is 0.238 e. The van der Waals surface area contributed by atoms with Crippen LogP contribution in [-0.4, -0.2) is 55.4 Å². The molecule has 0 spiro atoms. The van der Waals surface area contributed by atoms with E-state index < -0.39 is 0 Å². The first kappa shape index (κ1) is 21.7. The molecule has 7 heteroatoms. The highest BCUT2D eigenvalue weighted by Gasteiger charge is 2.16. The molecular formula is C21H26ClN3O3. The molecule has 0 saturated carbocycles. The molecule has 0 aliphatic rings. The summed E-state index contributed by atoms with van der Waals surface area (Å²) in [6.07, 6.45) is 0. The molecule has 0 aliphatic carbocycles. The first-order chi connectivity index (χ1) is 13.4. The molecule has 2 rings (SSSR count). The molecule has 0 aromatic heterocycles. The molecular weight excluding hydrogens is 378 g/mol. The van der Waals surface area contributed by atoms with E-state index >= 15 is 0 Å². The molecule has 6 nitrogen and oxygen atoms in total. The van der Waals surface area contributed by atoms with Gasteiger partial charge in [-0.05, 0) is 36.4 Å². The second-order valence-corrected chi connectivity index (χ2v) is 6.90. The Morgan fingerprint density at radius 1 is 1.11 bits per heavy atom. The first-order valence-electron chi connectivity index (χ1n) is 9.06. The minimum Gasteiger partial charge on any atom is -0.497 e. The van der Waals surface area contributed by atoms with E-state index in [1.165, 1.54) is 0 Å². The van der Waals surface area contributed by atoms with E-state index in [-0.39, 0.29) is 24.9 Å². The van der Waals surface area contributed by atoms with Crippen molar-refractivity contribution in [3.05, 3.63) is 59.1 Å². The molecule has 0 heterocycles. The molecule has 28 heavy (non-hydrogen) atoms. The summed E-state index contributed by atoms with van der Waals surface area (Å²) in [4.78, 5) is 28.3. The number of methoxy groups -OCH3 is 1. The largest absolute Gasteiger partial charge is 0.497 e. The Hall–Kier alpha value is -2.57. The Balaban J connectivity index is 1.86. The molecule has 0 atom stereocenters. The summed E-state index contributed by atoms with van der Waals surface area (Å²) in [7, 11) is 3.33. The fourth-order valence-electron chi connectivity index (χ4n) is 2.65. The van der Waals surface area contributed by atoms with Crippen LogP contribution >= 0.6 is 11.6 Å². The number of anilines is 1. The standard InChI is InChI=1S/C21H26ClN3O3/c1-4-25(14-20(26)23-18-6-5-7-19(12-18)28-3)15-21(27)24(2)13-16-8-10-17(22)11-9-16/h5-12H,4,13-15H2,1-3H3,(H,23,26). The van der Waals surface area contributed by atoms with Crippen molar-refractivity contribution in [1.82, 2.24) is 9.80 Å². The number of hydrogen-bond donors (Lipinski definition) is 1. The van der Waals surface area contributed by atoms with Crippen molar-refractivity contribution < 1.29 is 14.3 Å². The number of benzene rings is 2. The van der Waals surface area contributed by atoms with Crippen molar-refractivity contribution >= 4 is 29.1 Å². The number of carbonyl (C=O) groups is 2. The molecule has 2 aromatic rings. The van der Waals surface area contributed by atoms with Gasteiger partial charge in [0.05, 0.1) is 20.2 Å². The van der Waals surface area contributed by atoms with Crippen LogP contribution in [0.5, 0.6) is 5.75 Å². The van der Waals surface area contributed by atoms with E-state index in [1.54, 1.807) is 54.3 Å². The third-order valence-electron chi connectivity index (χ3n) is 4.29. The van der Waals surface area contributed by atoms with E-state index in [9.17, 15) is 9.59 Å². The zero-order chi connectivity index (χ0) is 20.5. The van der Waals surface area contributed by atoms with E-state index in [0.717, 1.165) is 5.56 Å². The Labute approximate surface area is 171 Å². The minimum absolute atomic E-state index is 0.0500. The highest BCUT2D eigenvalue weighted by molar-refractivity contribution is 6.30. The zero-order valence-corrected chi connectivity index (χ0v) is 17.2. The third kappa shape index (κ3) is 6.87. The van der Waals surface area contributed by atoms with Gasteiger partial charge in [-0.1, -0.05) is 36.7 Å². The molecule has 0 aliphatic heterocycles. The minimum atomic E-state index is -0.178. The number of nitrogens with zero attached hydrogens (tertiary/aromatic N) is 2. The molecule has 0 bridgehead atoms. The van der Waals surface area contributed by atoms with Crippen LogP contribution in [0.3, 0.4) is 0 Å². The summed E-state index contributed by atoms with van der Waals surface area (Å²) in [5.74, 6) is 0.443. The van der Waals surface area contributed by atoms with Gasteiger partial charge < -0.3 is 15.0 Å². The van der Waals surface area contributed by atoms with Crippen molar-refractivity contribution in [2.24, 2.45) is 0 Å². The topological polar surface area (TPSA) is 61.9 Å². The second-order valence-electron chi connectivity index (χ2n) is 6.46. The van der Waals surface area contributed by atoms with Crippen LogP contribution in [0.1, 0.15) is 12.5 Å². The van der Waals surface area contributed by atoms with Crippen molar-refractivity contribution in [2.75, 3.05) is 39.1 Å². The van der Waals surface area contributed by atoms with Crippen LogP contribution in [0.15, 0.2) is 48.5 Å². The molecule has 0 saturated heterocycles. The number of nitrogens with one attached hydrogen (secondary N) is 1. The summed E-state index contributed by atoms with van der Waals surface area (Å²) in [5.41, 5.74) is 1.66. The number of halogens is 1. The summed E-state index contributed by atoms with van der Waals surface area (Å²) in [6, 6.07) is 14.6. The lowest BCUT2D eigenvalue weighted by molar-refractivity contribution is -0.132. The quantitative estimate of drug-likeness (QED) is 0.698. The van der Waals surface area contributed by atoms with E-state index in [0.29, 0.717) is 29.5 Å². The number of rotatable bonds is 9. The Kier molecular flexibility index (Phi) is 8.29. The number of ether oxygens (including phenoxy) is 1. The lowest BCUT2D eigenvalue weighted by Gasteiger charge is -2.23. The summed E-state index contributed by atoms with van der Waals surface area (Å²) in [5, 5.41) is 3.49. The van der Waals surface area contributed by atoms with Crippen molar-refractivity contribution in [3.8, 4) is 5.75 Å². The van der Waals surface area contributed by atoms with Gasteiger partial charge in [0.15, 0.2) is 0 Å². The summed E-state index contributed by atoms with van der Waals surface area (Å²) in [6.45, 7) is 3.31. The normalized spacial score (nSPS) is 10.6. The van der Waals surface area contributed by atoms with Crippen LogP contribution in [0, 0.1) is 0 Å². The second kappa shape index (κ2) is 10.7. The first-order valence-corrected chi connectivity index (χ1v) is 9.43. The van der Waals surface area contributed by atoms with Gasteiger partial charge in [0.2, 0.25) is 11.8 Å². The van der Waals surface area contributed by atoms with Crippen molar-refractivity contribution in [2.45, 2.75) is 13.5 Å². The number of carbonyl (C=O) groups excluding carboxylic acids is 2. The van der Waals surface area contributed by atoms with E-state index in [2.05, 4.69) is 5.32 Å². The predicted molar refractivity (Wildman–Crippen MR) is 112 cm³/mol. The van der Waals surface area contributed by atoms with Crippen LogP contribution in [-0.2, 0) is 16.1 Å². The zero-order valence-electron chi connectivity index (χ0n) is 16.4. The molecule has 0 radical (unpaired) electrons. The highest BCUT2D eigenvalue weighted by Crippen LogP contribution is 2.16. The number of amides is 2. The van der Waals surface area contributed by atoms with Crippen molar-refractivity contribution in [1.29, 1.82) is 0 Å². The Morgan fingerprint density at radius 2 is 1.82 bits per heavy atom. The number of hydrogen-bond acceptors (Lipinski definition) is 4. The molecule has 1 N–H and O–H groups in total. The van der Waals surface area contributed by atoms with Gasteiger partial charge in [-0.15, -0.1) is 0 Å². The van der Waals surface area contributed by atoms with Gasteiger partial charge >= 0.3 is 0 Å². The smallest absolute Gasteiger partial charge is 0.238 e. The lowest BCUT2D eigenvalue weighted by atomic mass is 10.2. The van der Waals surface area contributed by atoms with Crippen LogP contribution in [0.25, 0.3) is 0 Å². The highest BCUT2D eigenvalue weighted by atomic mass is 35.5. The SMILES string of the molecule is CCN(CC(=O)Nc1cccc(OC)c1)CC(=O)N(C)Cc1ccc(Cl)cc1. The van der Waals surface area contributed by atoms with Crippen LogP contribution < -0.4 is 10.1 Å². The average Bonchev–Trinajstić information content (AvgIpc) is 2.69. The van der Waals surface area contributed by atoms with Gasteiger partial charge in [0, 0.05) is 30.4 Å². The molecule has 0 fully saturated rings. The molecule has 150 valence electrons. The van der Waals surface area contributed by atoms with Crippen LogP contribution in [0.4, 0.5) is 5.69 Å². The fourth-order valence-corrected chi connectivity index (χ4v) is 2.77. The maximum atomic E-state index is 12.5. The monoisotopic (exact) mass is 403 g/mol. The van der Waals surface area contributed by atoms with E-state index in [1.807, 2.05) is 25.1 Å². The predicted octanol–water partition coefficient (Wildman–Crippen LogP) is 3.27. The van der Waals surface area contributed by atoms with E-state index in [4.69, 9.17) is 16.3 Å². The number of likely N-dealkylation sites (N-methyl/N-ethyl adjacent to an activating group) is 2. The van der Waals surface area contributed by atoms with Crippen molar-refractivity contribution in [3.63, 3.8) is 0 Å². The molecule has 2 aromatic carbocycles. The Morgan fingerprint density at radius 3 is 2.46 bits per heavy atom. The molecule has 0 unspecified atom stereocenters. The summed E-state index contributed by atoms with van der Waals surface area (Å²) < 4.78 is 5.15. The van der Waals surface area contributed by atoms with Gasteiger partial charge in [0.25, 0.3) is 0 Å². The third-order valence-corrected chi connectivity index (χ3v) is 4.54. The van der Waals surface area contributed by atoms with Gasteiger partial charge in [0.1, 0.15) is 5.75 Å².